The van der Waals surface area contributed by atoms with E-state index in [-0.39, 0.29) is 30.1 Å². The van der Waals surface area contributed by atoms with Crippen molar-refractivity contribution in [1.82, 2.24) is 16.0 Å². The van der Waals surface area contributed by atoms with Crippen molar-refractivity contribution in [2.24, 2.45) is 11.8 Å². The van der Waals surface area contributed by atoms with Crippen LogP contribution in [0.1, 0.15) is 37.0 Å². The molecule has 25 heavy (non-hydrogen) atoms. The Kier molecular flexibility index (Phi) is 8.86. The lowest BCUT2D eigenvalue weighted by Gasteiger charge is -2.22. The van der Waals surface area contributed by atoms with Gasteiger partial charge in [-0.05, 0) is 62.0 Å². The zero-order valence-electron chi connectivity index (χ0n) is 14.7. The maximum atomic E-state index is 12.9. The average Bonchev–Trinajstić information content (AvgIpc) is 3.06. The summed E-state index contributed by atoms with van der Waals surface area (Å²) in [5.41, 5.74) is 0.340. The molecule has 1 aromatic rings. The predicted molar refractivity (Wildman–Crippen MR) is 98.3 cm³/mol. The van der Waals surface area contributed by atoms with Crippen LogP contribution in [0.25, 0.3) is 0 Å². The maximum absolute atomic E-state index is 12.9. The number of halogens is 2. The van der Waals surface area contributed by atoms with E-state index in [1.807, 2.05) is 13.8 Å². The number of benzene rings is 1. The molecule has 1 saturated heterocycles. The number of carbonyl (C=O) groups is 2. The fourth-order valence-electron chi connectivity index (χ4n) is 2.83. The average molecular weight is 372 g/mol. The number of amides is 2. The molecule has 140 valence electrons. The Morgan fingerprint density at radius 3 is 2.52 bits per heavy atom. The van der Waals surface area contributed by atoms with Crippen molar-refractivity contribution >= 4 is 24.2 Å². The monoisotopic (exact) mass is 371 g/mol. The molecule has 1 aromatic carbocycles. The molecule has 2 unspecified atom stereocenters. The number of carbonyl (C=O) groups excluding carboxylic acids is 2. The van der Waals surface area contributed by atoms with Crippen LogP contribution in [0.15, 0.2) is 24.3 Å². The molecule has 7 heteroatoms. The maximum Gasteiger partial charge on any atom is 0.251 e. The van der Waals surface area contributed by atoms with Crippen LogP contribution in [-0.2, 0) is 4.79 Å². The zero-order chi connectivity index (χ0) is 17.5. The minimum Gasteiger partial charge on any atom is -0.354 e. The van der Waals surface area contributed by atoms with Gasteiger partial charge in [0, 0.05) is 12.1 Å². The second kappa shape index (κ2) is 10.4. The van der Waals surface area contributed by atoms with Gasteiger partial charge < -0.3 is 16.0 Å². The Bertz CT molecular complexity index is 560. The molecule has 1 heterocycles. The summed E-state index contributed by atoms with van der Waals surface area (Å²) in [7, 11) is 0. The van der Waals surface area contributed by atoms with Crippen LogP contribution >= 0.6 is 12.4 Å². The molecule has 2 amide bonds. The topological polar surface area (TPSA) is 70.2 Å². The van der Waals surface area contributed by atoms with Crippen LogP contribution in [0, 0.1) is 17.7 Å². The largest absolute Gasteiger partial charge is 0.354 e. The zero-order valence-corrected chi connectivity index (χ0v) is 15.5. The third-order valence-electron chi connectivity index (χ3n) is 4.36. The molecule has 2 atom stereocenters. The molecule has 0 aliphatic carbocycles. The van der Waals surface area contributed by atoms with E-state index in [0.29, 0.717) is 18.0 Å². The summed E-state index contributed by atoms with van der Waals surface area (Å²) in [4.78, 5) is 24.6. The number of hydrogen-bond acceptors (Lipinski definition) is 3. The Balaban J connectivity index is 0.00000312. The summed E-state index contributed by atoms with van der Waals surface area (Å²) < 4.78 is 12.9. The normalized spacial score (nSPS) is 17.7. The first-order valence-electron chi connectivity index (χ1n) is 8.52. The van der Waals surface area contributed by atoms with Gasteiger partial charge in [-0.3, -0.25) is 9.59 Å². The van der Waals surface area contributed by atoms with E-state index in [1.54, 1.807) is 0 Å². The van der Waals surface area contributed by atoms with Crippen LogP contribution < -0.4 is 16.0 Å². The van der Waals surface area contributed by atoms with Gasteiger partial charge in [-0.15, -0.1) is 12.4 Å². The first kappa shape index (κ1) is 21.4. The van der Waals surface area contributed by atoms with Crippen molar-refractivity contribution in [3.63, 3.8) is 0 Å². The molecular weight excluding hydrogens is 345 g/mol. The van der Waals surface area contributed by atoms with Gasteiger partial charge in [0.1, 0.15) is 11.9 Å². The van der Waals surface area contributed by atoms with Crippen molar-refractivity contribution < 1.29 is 14.0 Å². The number of rotatable bonds is 7. The Hall–Kier alpha value is -1.66. The highest BCUT2D eigenvalue weighted by Crippen LogP contribution is 2.11. The highest BCUT2D eigenvalue weighted by Gasteiger charge is 2.25. The summed E-state index contributed by atoms with van der Waals surface area (Å²) in [5.74, 6) is -0.375. The van der Waals surface area contributed by atoms with Gasteiger partial charge in [-0.2, -0.15) is 0 Å². The molecule has 3 N–H and O–H groups in total. The van der Waals surface area contributed by atoms with E-state index >= 15 is 0 Å². The van der Waals surface area contributed by atoms with Crippen molar-refractivity contribution in [3.8, 4) is 0 Å². The summed E-state index contributed by atoms with van der Waals surface area (Å²) in [6.45, 7) is 6.43. The first-order chi connectivity index (χ1) is 11.5. The second-order valence-electron chi connectivity index (χ2n) is 6.64. The summed E-state index contributed by atoms with van der Waals surface area (Å²) in [5, 5.41) is 8.96. The first-order valence-corrected chi connectivity index (χ1v) is 8.52. The third kappa shape index (κ3) is 6.63. The molecule has 5 nitrogen and oxygen atoms in total. The molecular formula is C18H27ClFN3O2. The van der Waals surface area contributed by atoms with Gasteiger partial charge in [0.25, 0.3) is 5.91 Å². The number of nitrogens with one attached hydrogen (secondary N) is 3. The molecule has 0 aromatic heterocycles. The van der Waals surface area contributed by atoms with Gasteiger partial charge in [0.05, 0.1) is 0 Å². The van der Waals surface area contributed by atoms with E-state index in [0.717, 1.165) is 25.9 Å². The Morgan fingerprint density at radius 1 is 1.28 bits per heavy atom. The van der Waals surface area contributed by atoms with Gasteiger partial charge in [-0.1, -0.05) is 13.8 Å². The SMILES string of the molecule is CC(C)C(NC(=O)c1ccc(F)cc1)C(=O)NCCC1CCNC1.Cl. The van der Waals surface area contributed by atoms with E-state index in [4.69, 9.17) is 0 Å². The van der Waals surface area contributed by atoms with Gasteiger partial charge in [0.15, 0.2) is 0 Å². The lowest BCUT2D eigenvalue weighted by Crippen LogP contribution is -2.50. The summed E-state index contributed by atoms with van der Waals surface area (Å²) in [6, 6.07) is 4.67. The minimum atomic E-state index is -0.607. The van der Waals surface area contributed by atoms with Crippen LogP contribution in [0.4, 0.5) is 4.39 Å². The molecule has 2 rings (SSSR count). The van der Waals surface area contributed by atoms with Crippen molar-refractivity contribution in [2.45, 2.75) is 32.7 Å². The lowest BCUT2D eigenvalue weighted by molar-refractivity contribution is -0.123. The standard InChI is InChI=1S/C18H26FN3O2.ClH/c1-12(2)16(18(24)21-10-8-13-7-9-20-11-13)22-17(23)14-3-5-15(19)6-4-14;/h3-6,12-13,16,20H,7-11H2,1-2H3,(H,21,24)(H,22,23);1H. The van der Waals surface area contributed by atoms with Gasteiger partial charge >= 0.3 is 0 Å². The van der Waals surface area contributed by atoms with Crippen molar-refractivity contribution in [1.29, 1.82) is 0 Å². The van der Waals surface area contributed by atoms with Crippen LogP contribution in [0.5, 0.6) is 0 Å². The Labute approximate surface area is 154 Å². The third-order valence-corrected chi connectivity index (χ3v) is 4.36. The molecule has 1 fully saturated rings. The van der Waals surface area contributed by atoms with Crippen LogP contribution in [-0.4, -0.2) is 37.5 Å². The van der Waals surface area contributed by atoms with Gasteiger partial charge in [0.2, 0.25) is 5.91 Å². The summed E-state index contributed by atoms with van der Waals surface area (Å²) in [6.07, 6.45) is 2.08. The fourth-order valence-corrected chi connectivity index (χ4v) is 2.83. The van der Waals surface area contributed by atoms with E-state index in [2.05, 4.69) is 16.0 Å². The molecule has 0 spiro atoms. The van der Waals surface area contributed by atoms with E-state index in [1.165, 1.54) is 24.3 Å². The smallest absolute Gasteiger partial charge is 0.251 e. The minimum absolute atomic E-state index is 0. The van der Waals surface area contributed by atoms with Gasteiger partial charge in [-0.25, -0.2) is 4.39 Å². The highest BCUT2D eigenvalue weighted by molar-refractivity contribution is 5.97. The predicted octanol–water partition coefficient (Wildman–Crippen LogP) is 2.12. The van der Waals surface area contributed by atoms with E-state index in [9.17, 15) is 14.0 Å². The lowest BCUT2D eigenvalue weighted by atomic mass is 10.0. The highest BCUT2D eigenvalue weighted by atomic mass is 35.5. The molecule has 0 saturated carbocycles. The van der Waals surface area contributed by atoms with Crippen LogP contribution in [0.2, 0.25) is 0 Å². The second-order valence-corrected chi connectivity index (χ2v) is 6.64. The summed E-state index contributed by atoms with van der Waals surface area (Å²) >= 11 is 0. The quantitative estimate of drug-likeness (QED) is 0.687. The molecule has 1 aliphatic heterocycles. The molecule has 0 radical (unpaired) electrons. The number of hydrogen-bond donors (Lipinski definition) is 3. The van der Waals surface area contributed by atoms with Crippen molar-refractivity contribution in [3.05, 3.63) is 35.6 Å². The Morgan fingerprint density at radius 2 is 1.96 bits per heavy atom. The van der Waals surface area contributed by atoms with Crippen molar-refractivity contribution in [2.75, 3.05) is 19.6 Å². The molecule has 0 bridgehead atoms. The molecule has 1 aliphatic rings. The van der Waals surface area contributed by atoms with E-state index < -0.39 is 11.9 Å². The van der Waals surface area contributed by atoms with Crippen LogP contribution in [0.3, 0.4) is 0 Å². The fraction of sp³-hybridized carbons (Fsp3) is 0.556.